The first kappa shape index (κ1) is 14.0. The highest BCUT2D eigenvalue weighted by Crippen LogP contribution is 2.22. The lowest BCUT2D eigenvalue weighted by Crippen LogP contribution is -2.15. The second kappa shape index (κ2) is 5.27. The quantitative estimate of drug-likeness (QED) is 0.858. The van der Waals surface area contributed by atoms with Crippen LogP contribution in [0.5, 0.6) is 0 Å². The molecule has 2 heterocycles. The van der Waals surface area contributed by atoms with Gasteiger partial charge in [0.25, 0.3) is 10.0 Å². The van der Waals surface area contributed by atoms with Crippen molar-refractivity contribution in [2.24, 2.45) is 7.05 Å². The highest BCUT2D eigenvalue weighted by molar-refractivity contribution is 7.92. The lowest BCUT2D eigenvalue weighted by atomic mass is 10.3. The van der Waals surface area contributed by atoms with E-state index in [1.807, 2.05) is 19.4 Å². The van der Waals surface area contributed by atoms with Crippen LogP contribution >= 0.6 is 11.3 Å². The molecular formula is C10H15N5O2S2. The Balaban J connectivity index is 2.19. The molecular weight excluding hydrogens is 286 g/mol. The molecule has 0 fully saturated rings. The number of aromatic nitrogens is 3. The fourth-order valence-corrected chi connectivity index (χ4v) is 3.41. The predicted octanol–water partition coefficient (Wildman–Crippen LogP) is 0.958. The highest BCUT2D eigenvalue weighted by Gasteiger charge is 2.19. The van der Waals surface area contributed by atoms with Gasteiger partial charge in [0.15, 0.2) is 10.2 Å². The van der Waals surface area contributed by atoms with E-state index >= 15 is 0 Å². The summed E-state index contributed by atoms with van der Waals surface area (Å²) in [6.45, 7) is 1.95. The van der Waals surface area contributed by atoms with Crippen LogP contribution in [0.4, 0.5) is 5.13 Å². The standard InChI is InChI=1S/C10H15N5O2S2/c1-7(11-2)8-5-18-10(13-8)14-19(16,17)9-4-15(3)6-12-9/h4-7,11H,1-3H3,(H,13,14). The van der Waals surface area contributed by atoms with Crippen LogP contribution in [-0.2, 0) is 17.1 Å². The largest absolute Gasteiger partial charge is 0.339 e. The molecule has 0 aliphatic heterocycles. The summed E-state index contributed by atoms with van der Waals surface area (Å²) in [7, 11) is -0.134. The van der Waals surface area contributed by atoms with Gasteiger partial charge in [-0.15, -0.1) is 11.3 Å². The van der Waals surface area contributed by atoms with Crippen molar-refractivity contribution >= 4 is 26.5 Å². The van der Waals surface area contributed by atoms with E-state index in [1.54, 1.807) is 11.6 Å². The molecule has 104 valence electrons. The van der Waals surface area contributed by atoms with Crippen LogP contribution < -0.4 is 10.0 Å². The SMILES string of the molecule is CNC(C)c1csc(NS(=O)(=O)c2cn(C)cn2)n1. The summed E-state index contributed by atoms with van der Waals surface area (Å²) in [6.07, 6.45) is 2.87. The highest BCUT2D eigenvalue weighted by atomic mass is 32.2. The average Bonchev–Trinajstić information content (AvgIpc) is 2.97. The average molecular weight is 301 g/mol. The maximum atomic E-state index is 12.0. The number of rotatable bonds is 5. The molecule has 19 heavy (non-hydrogen) atoms. The molecule has 0 aliphatic rings. The molecule has 0 aromatic carbocycles. The first-order chi connectivity index (χ1) is 8.92. The van der Waals surface area contributed by atoms with E-state index in [4.69, 9.17) is 0 Å². The Morgan fingerprint density at radius 1 is 1.47 bits per heavy atom. The predicted molar refractivity (Wildman–Crippen MR) is 73.6 cm³/mol. The van der Waals surface area contributed by atoms with Gasteiger partial charge in [-0.3, -0.25) is 4.72 Å². The molecule has 1 atom stereocenters. The molecule has 0 saturated heterocycles. The van der Waals surface area contributed by atoms with E-state index in [-0.39, 0.29) is 11.1 Å². The number of nitrogens with zero attached hydrogens (tertiary/aromatic N) is 3. The summed E-state index contributed by atoms with van der Waals surface area (Å²) in [5.41, 5.74) is 0.797. The summed E-state index contributed by atoms with van der Waals surface area (Å²) in [5.74, 6) is 0. The Morgan fingerprint density at radius 3 is 2.79 bits per heavy atom. The first-order valence-electron chi connectivity index (χ1n) is 5.56. The molecule has 0 aliphatic carbocycles. The van der Waals surface area contributed by atoms with Crippen molar-refractivity contribution in [3.63, 3.8) is 0 Å². The summed E-state index contributed by atoms with van der Waals surface area (Å²) in [4.78, 5) is 8.05. The van der Waals surface area contributed by atoms with Crippen molar-refractivity contribution in [1.82, 2.24) is 19.9 Å². The Labute approximate surface area is 115 Å². The van der Waals surface area contributed by atoms with Crippen molar-refractivity contribution in [2.45, 2.75) is 18.0 Å². The smallest absolute Gasteiger partial charge is 0.282 e. The number of thiazole rings is 1. The van der Waals surface area contributed by atoms with Crippen molar-refractivity contribution in [2.75, 3.05) is 11.8 Å². The second-order valence-electron chi connectivity index (χ2n) is 4.07. The minimum absolute atomic E-state index is 0.0200. The second-order valence-corrected chi connectivity index (χ2v) is 6.56. The van der Waals surface area contributed by atoms with Gasteiger partial charge < -0.3 is 9.88 Å². The molecule has 0 spiro atoms. The molecule has 2 N–H and O–H groups in total. The molecule has 0 bridgehead atoms. The normalized spacial score (nSPS) is 13.4. The van der Waals surface area contributed by atoms with Crippen LogP contribution in [0.1, 0.15) is 18.7 Å². The molecule has 0 amide bonds. The van der Waals surface area contributed by atoms with Gasteiger partial charge in [0.05, 0.1) is 12.0 Å². The topological polar surface area (TPSA) is 88.9 Å². The summed E-state index contributed by atoms with van der Waals surface area (Å²) in [6, 6.07) is 0.0735. The molecule has 9 heteroatoms. The summed E-state index contributed by atoms with van der Waals surface area (Å²) < 4.78 is 28.1. The number of hydrogen-bond donors (Lipinski definition) is 2. The fraction of sp³-hybridized carbons (Fsp3) is 0.400. The minimum atomic E-state index is -3.67. The van der Waals surface area contributed by atoms with Gasteiger partial charge in [-0.2, -0.15) is 8.42 Å². The molecule has 0 saturated carbocycles. The van der Waals surface area contributed by atoms with Crippen molar-refractivity contribution < 1.29 is 8.42 Å². The van der Waals surface area contributed by atoms with E-state index in [2.05, 4.69) is 20.0 Å². The van der Waals surface area contributed by atoms with Gasteiger partial charge in [0, 0.05) is 24.7 Å². The van der Waals surface area contributed by atoms with E-state index in [9.17, 15) is 8.42 Å². The maximum absolute atomic E-state index is 12.0. The number of hydrogen-bond acceptors (Lipinski definition) is 6. The van der Waals surface area contributed by atoms with Gasteiger partial charge in [-0.05, 0) is 14.0 Å². The Bertz CT molecular complexity index is 661. The maximum Gasteiger partial charge on any atom is 0.282 e. The van der Waals surface area contributed by atoms with Crippen molar-refractivity contribution in [3.8, 4) is 0 Å². The summed E-state index contributed by atoms with van der Waals surface area (Å²) in [5, 5.41) is 5.18. The number of aryl methyl sites for hydroxylation is 1. The first-order valence-corrected chi connectivity index (χ1v) is 7.92. The lowest BCUT2D eigenvalue weighted by Gasteiger charge is -2.05. The Hall–Kier alpha value is -1.45. The van der Waals surface area contributed by atoms with E-state index in [1.165, 1.54) is 23.9 Å². The molecule has 2 aromatic rings. The molecule has 0 radical (unpaired) electrons. The van der Waals surface area contributed by atoms with Crippen LogP contribution in [0.2, 0.25) is 0 Å². The van der Waals surface area contributed by atoms with Crippen LogP contribution in [0.25, 0.3) is 0 Å². The van der Waals surface area contributed by atoms with Gasteiger partial charge in [0.2, 0.25) is 0 Å². The van der Waals surface area contributed by atoms with E-state index in [0.29, 0.717) is 5.13 Å². The van der Waals surface area contributed by atoms with Gasteiger partial charge >= 0.3 is 0 Å². The van der Waals surface area contributed by atoms with Gasteiger partial charge in [-0.25, -0.2) is 9.97 Å². The Kier molecular flexibility index (Phi) is 3.88. The molecule has 7 nitrogen and oxygen atoms in total. The van der Waals surface area contributed by atoms with Crippen LogP contribution in [0, 0.1) is 0 Å². The molecule has 1 unspecified atom stereocenters. The lowest BCUT2D eigenvalue weighted by molar-refractivity contribution is 0.598. The third kappa shape index (κ3) is 3.11. The monoisotopic (exact) mass is 301 g/mol. The third-order valence-corrected chi connectivity index (χ3v) is 4.71. The number of imidazole rings is 1. The van der Waals surface area contributed by atoms with Gasteiger partial charge in [-0.1, -0.05) is 0 Å². The van der Waals surface area contributed by atoms with Crippen molar-refractivity contribution in [3.05, 3.63) is 23.6 Å². The fourth-order valence-electron chi connectivity index (χ4n) is 1.37. The minimum Gasteiger partial charge on any atom is -0.339 e. The number of nitrogens with one attached hydrogen (secondary N) is 2. The number of anilines is 1. The summed E-state index contributed by atoms with van der Waals surface area (Å²) >= 11 is 1.25. The zero-order valence-electron chi connectivity index (χ0n) is 10.8. The van der Waals surface area contributed by atoms with E-state index < -0.39 is 10.0 Å². The van der Waals surface area contributed by atoms with Gasteiger partial charge in [0.1, 0.15) is 0 Å². The molecule has 2 aromatic heterocycles. The van der Waals surface area contributed by atoms with Crippen LogP contribution in [0.3, 0.4) is 0 Å². The zero-order chi connectivity index (χ0) is 14.0. The third-order valence-electron chi connectivity index (χ3n) is 2.58. The van der Waals surface area contributed by atoms with Crippen molar-refractivity contribution in [1.29, 1.82) is 0 Å². The van der Waals surface area contributed by atoms with E-state index in [0.717, 1.165) is 5.69 Å². The van der Waals surface area contributed by atoms with Crippen LogP contribution in [-0.4, -0.2) is 30.0 Å². The zero-order valence-corrected chi connectivity index (χ0v) is 12.4. The Morgan fingerprint density at radius 2 is 2.21 bits per heavy atom. The number of sulfonamides is 1. The molecule has 2 rings (SSSR count). The van der Waals surface area contributed by atoms with Crippen LogP contribution in [0.15, 0.2) is 22.9 Å².